The van der Waals surface area contributed by atoms with E-state index in [0.717, 1.165) is 6.42 Å². The molecule has 4 amide bonds. The van der Waals surface area contributed by atoms with Gasteiger partial charge in [0.1, 0.15) is 5.75 Å². The molecule has 158 valence electrons. The Hall–Kier alpha value is -3.88. The zero-order chi connectivity index (χ0) is 21.9. The van der Waals surface area contributed by atoms with Gasteiger partial charge in [-0.15, -0.1) is 0 Å². The van der Waals surface area contributed by atoms with E-state index >= 15 is 0 Å². The molecule has 3 N–H and O–H groups in total. The van der Waals surface area contributed by atoms with Gasteiger partial charge in [0.2, 0.25) is 0 Å². The quantitative estimate of drug-likeness (QED) is 0.571. The Morgan fingerprint density at radius 3 is 2.33 bits per heavy atom. The minimum Gasteiger partial charge on any atom is -0.497 e. The lowest BCUT2D eigenvalue weighted by Gasteiger charge is -2.11. The van der Waals surface area contributed by atoms with E-state index in [4.69, 9.17) is 9.47 Å². The molecule has 0 atom stereocenters. The third-order valence-corrected chi connectivity index (χ3v) is 3.87. The molecule has 0 unspecified atom stereocenters. The average Bonchev–Trinajstić information content (AvgIpc) is 2.76. The summed E-state index contributed by atoms with van der Waals surface area (Å²) in [5, 5.41) is 7.17. The van der Waals surface area contributed by atoms with Crippen LogP contribution in [-0.4, -0.2) is 44.1 Å². The second kappa shape index (κ2) is 11.2. The Labute approximate surface area is 173 Å². The summed E-state index contributed by atoms with van der Waals surface area (Å²) < 4.78 is 10.0. The number of imide groups is 1. The first-order valence-corrected chi connectivity index (χ1v) is 9.23. The van der Waals surface area contributed by atoms with Crippen LogP contribution in [0.2, 0.25) is 0 Å². The molecule has 0 radical (unpaired) electrons. The molecule has 9 nitrogen and oxygen atoms in total. The molecule has 0 heterocycles. The Morgan fingerprint density at radius 1 is 0.967 bits per heavy atom. The third kappa shape index (κ3) is 6.62. The number of hydrogen-bond acceptors (Lipinski definition) is 6. The normalized spacial score (nSPS) is 9.93. The van der Waals surface area contributed by atoms with Crippen molar-refractivity contribution in [2.75, 3.05) is 25.6 Å². The molecule has 2 rings (SSSR count). The number of benzene rings is 2. The molecule has 0 aliphatic rings. The van der Waals surface area contributed by atoms with Gasteiger partial charge in [-0.25, -0.2) is 9.59 Å². The topological polar surface area (TPSA) is 123 Å². The number of para-hydroxylation sites is 1. The van der Waals surface area contributed by atoms with Gasteiger partial charge >= 0.3 is 12.0 Å². The van der Waals surface area contributed by atoms with Crippen LogP contribution in [0.4, 0.5) is 10.5 Å². The molecular weight excluding hydrogens is 390 g/mol. The summed E-state index contributed by atoms with van der Waals surface area (Å²) in [6.07, 6.45) is 0.718. The van der Waals surface area contributed by atoms with Gasteiger partial charge in [-0.05, 0) is 42.8 Å². The molecule has 2 aromatic rings. The van der Waals surface area contributed by atoms with Crippen LogP contribution in [-0.2, 0) is 9.53 Å². The van der Waals surface area contributed by atoms with Crippen molar-refractivity contribution in [2.45, 2.75) is 13.3 Å². The molecule has 0 bridgehead atoms. The Balaban J connectivity index is 1.98. The van der Waals surface area contributed by atoms with Gasteiger partial charge in [0.05, 0.1) is 18.4 Å². The SMILES string of the molecule is CCCNC(=O)NC(=O)COC(=O)c1ccccc1NC(=O)c1ccc(OC)cc1. The maximum absolute atomic E-state index is 12.4. The monoisotopic (exact) mass is 413 g/mol. The number of urea groups is 1. The molecule has 0 saturated carbocycles. The number of carbonyl (C=O) groups excluding carboxylic acids is 4. The van der Waals surface area contributed by atoms with Gasteiger partial charge in [-0.1, -0.05) is 19.1 Å². The maximum atomic E-state index is 12.4. The van der Waals surface area contributed by atoms with E-state index in [-0.39, 0.29) is 11.3 Å². The summed E-state index contributed by atoms with van der Waals surface area (Å²) in [5.41, 5.74) is 0.670. The lowest BCUT2D eigenvalue weighted by atomic mass is 10.1. The van der Waals surface area contributed by atoms with Gasteiger partial charge < -0.3 is 20.1 Å². The number of carbonyl (C=O) groups is 4. The fourth-order valence-electron chi connectivity index (χ4n) is 2.36. The van der Waals surface area contributed by atoms with Crippen LogP contribution in [0.5, 0.6) is 5.75 Å². The lowest BCUT2D eigenvalue weighted by Crippen LogP contribution is -2.41. The van der Waals surface area contributed by atoms with Crippen molar-refractivity contribution in [3.8, 4) is 5.75 Å². The molecule has 0 fully saturated rings. The van der Waals surface area contributed by atoms with Crippen LogP contribution >= 0.6 is 0 Å². The molecule has 2 aromatic carbocycles. The van der Waals surface area contributed by atoms with Crippen LogP contribution in [0.15, 0.2) is 48.5 Å². The lowest BCUT2D eigenvalue weighted by molar-refractivity contribution is -0.123. The minimum absolute atomic E-state index is 0.0718. The molecule has 0 aromatic heterocycles. The van der Waals surface area contributed by atoms with Gasteiger partial charge in [0.25, 0.3) is 11.8 Å². The van der Waals surface area contributed by atoms with Crippen molar-refractivity contribution in [3.63, 3.8) is 0 Å². The van der Waals surface area contributed by atoms with Crippen molar-refractivity contribution >= 4 is 29.5 Å². The predicted molar refractivity (Wildman–Crippen MR) is 110 cm³/mol. The highest BCUT2D eigenvalue weighted by molar-refractivity contribution is 6.08. The van der Waals surface area contributed by atoms with Crippen LogP contribution in [0.25, 0.3) is 0 Å². The minimum atomic E-state index is -0.815. The summed E-state index contributed by atoms with van der Waals surface area (Å²) >= 11 is 0. The molecule has 9 heteroatoms. The summed E-state index contributed by atoms with van der Waals surface area (Å²) in [5.74, 6) is -1.40. The Morgan fingerprint density at radius 2 is 1.67 bits per heavy atom. The van der Waals surface area contributed by atoms with Gasteiger partial charge in [0.15, 0.2) is 6.61 Å². The number of methoxy groups -OCH3 is 1. The van der Waals surface area contributed by atoms with Crippen molar-refractivity contribution in [2.24, 2.45) is 0 Å². The summed E-state index contributed by atoms with van der Waals surface area (Å²) in [6.45, 7) is 1.65. The van der Waals surface area contributed by atoms with Crippen LogP contribution in [0, 0.1) is 0 Å². The molecule has 0 saturated heterocycles. The van der Waals surface area contributed by atoms with E-state index in [0.29, 0.717) is 17.9 Å². The van der Waals surface area contributed by atoms with E-state index in [1.807, 2.05) is 6.92 Å². The maximum Gasteiger partial charge on any atom is 0.340 e. The van der Waals surface area contributed by atoms with Gasteiger partial charge in [0, 0.05) is 12.1 Å². The van der Waals surface area contributed by atoms with Crippen molar-refractivity contribution in [1.29, 1.82) is 0 Å². The number of esters is 1. The average molecular weight is 413 g/mol. The van der Waals surface area contributed by atoms with Crippen LogP contribution in [0.3, 0.4) is 0 Å². The fraction of sp³-hybridized carbons (Fsp3) is 0.238. The predicted octanol–water partition coefficient (Wildman–Crippen LogP) is 2.34. The van der Waals surface area contributed by atoms with Gasteiger partial charge in [-0.3, -0.25) is 14.9 Å². The van der Waals surface area contributed by atoms with E-state index in [2.05, 4.69) is 16.0 Å². The highest BCUT2D eigenvalue weighted by Gasteiger charge is 2.17. The largest absolute Gasteiger partial charge is 0.497 e. The first-order chi connectivity index (χ1) is 14.4. The highest BCUT2D eigenvalue weighted by atomic mass is 16.5. The Bertz CT molecular complexity index is 911. The molecule has 0 aliphatic heterocycles. The molecule has 30 heavy (non-hydrogen) atoms. The smallest absolute Gasteiger partial charge is 0.340 e. The second-order valence-corrected chi connectivity index (χ2v) is 6.11. The zero-order valence-corrected chi connectivity index (χ0v) is 16.7. The molecule has 0 spiro atoms. The summed E-state index contributed by atoms with van der Waals surface area (Å²) in [4.78, 5) is 48.0. The number of anilines is 1. The van der Waals surface area contributed by atoms with Crippen molar-refractivity contribution in [3.05, 3.63) is 59.7 Å². The van der Waals surface area contributed by atoms with Crippen molar-refractivity contribution < 1.29 is 28.7 Å². The summed E-state index contributed by atoms with van der Waals surface area (Å²) in [7, 11) is 1.52. The van der Waals surface area contributed by atoms with E-state index in [1.54, 1.807) is 36.4 Å². The number of rotatable bonds is 8. The highest BCUT2D eigenvalue weighted by Crippen LogP contribution is 2.18. The van der Waals surface area contributed by atoms with E-state index in [1.165, 1.54) is 19.2 Å². The standard InChI is InChI=1S/C21H23N3O6/c1-3-12-22-21(28)24-18(25)13-30-20(27)16-6-4-5-7-17(16)23-19(26)14-8-10-15(29-2)11-9-14/h4-11H,3,12-13H2,1-2H3,(H,23,26)(H2,22,24,25,28). The molecular formula is C21H23N3O6. The van der Waals surface area contributed by atoms with E-state index < -0.39 is 30.4 Å². The first-order valence-electron chi connectivity index (χ1n) is 9.23. The van der Waals surface area contributed by atoms with Crippen molar-refractivity contribution in [1.82, 2.24) is 10.6 Å². The van der Waals surface area contributed by atoms with Crippen LogP contribution in [0.1, 0.15) is 34.1 Å². The molecule has 0 aliphatic carbocycles. The summed E-state index contributed by atoms with van der Waals surface area (Å²) in [6, 6.07) is 12.0. The number of ether oxygens (including phenoxy) is 2. The number of nitrogens with one attached hydrogen (secondary N) is 3. The van der Waals surface area contributed by atoms with Crippen LogP contribution < -0.4 is 20.7 Å². The van der Waals surface area contributed by atoms with E-state index in [9.17, 15) is 19.2 Å². The third-order valence-electron chi connectivity index (χ3n) is 3.87. The second-order valence-electron chi connectivity index (χ2n) is 6.11. The zero-order valence-electron chi connectivity index (χ0n) is 16.7. The fourth-order valence-corrected chi connectivity index (χ4v) is 2.36. The Kier molecular flexibility index (Phi) is 8.37. The number of amides is 4. The van der Waals surface area contributed by atoms with Gasteiger partial charge in [-0.2, -0.15) is 0 Å². The number of hydrogen-bond donors (Lipinski definition) is 3. The first kappa shape index (κ1) is 22.4.